The minimum Gasteiger partial charge on any atom is -0.397 e. The van der Waals surface area contributed by atoms with Gasteiger partial charge < -0.3 is 11.1 Å². The average molecular weight is 302 g/mol. The molecule has 3 aromatic rings. The summed E-state index contributed by atoms with van der Waals surface area (Å²) in [6.45, 7) is 2.93. The van der Waals surface area contributed by atoms with E-state index in [1.54, 1.807) is 17.1 Å². The highest BCUT2D eigenvalue weighted by Gasteiger charge is 2.16. The fourth-order valence-electron chi connectivity index (χ4n) is 1.97. The van der Waals surface area contributed by atoms with Crippen molar-refractivity contribution in [2.45, 2.75) is 13.5 Å². The Morgan fingerprint density at radius 2 is 2.33 bits per heavy atom. The molecular formula is C13H14N6OS. The van der Waals surface area contributed by atoms with Gasteiger partial charge in [-0.25, -0.2) is 4.98 Å². The van der Waals surface area contributed by atoms with Gasteiger partial charge >= 0.3 is 0 Å². The fraction of sp³-hybridized carbons (Fsp3) is 0.231. The van der Waals surface area contributed by atoms with Crippen LogP contribution >= 0.6 is 11.3 Å². The van der Waals surface area contributed by atoms with E-state index in [1.807, 2.05) is 19.1 Å². The molecule has 0 bridgehead atoms. The second kappa shape index (κ2) is 5.49. The second-order valence-corrected chi connectivity index (χ2v) is 5.57. The largest absolute Gasteiger partial charge is 0.397 e. The molecule has 0 saturated carbocycles. The van der Waals surface area contributed by atoms with Gasteiger partial charge in [0, 0.05) is 23.8 Å². The van der Waals surface area contributed by atoms with Gasteiger partial charge in [-0.05, 0) is 19.1 Å². The lowest BCUT2D eigenvalue weighted by Crippen LogP contribution is -2.27. The molecule has 3 heterocycles. The second-order valence-electron chi connectivity index (χ2n) is 4.57. The summed E-state index contributed by atoms with van der Waals surface area (Å²) in [5.41, 5.74) is 7.43. The van der Waals surface area contributed by atoms with Gasteiger partial charge in [0.1, 0.15) is 9.71 Å². The molecule has 0 aliphatic rings. The van der Waals surface area contributed by atoms with Crippen LogP contribution in [0, 0.1) is 6.92 Å². The summed E-state index contributed by atoms with van der Waals surface area (Å²) >= 11 is 1.31. The maximum absolute atomic E-state index is 12.2. The third kappa shape index (κ3) is 2.70. The minimum atomic E-state index is -0.187. The van der Waals surface area contributed by atoms with Crippen LogP contribution in [0.15, 0.2) is 24.5 Å². The van der Waals surface area contributed by atoms with Crippen LogP contribution in [0.2, 0.25) is 0 Å². The standard InChI is InChI=1S/C13H14N6OS/c1-8-2-3-9-10(14)11(21-13(9)17-8)12(20)15-4-6-19-7-5-16-18-19/h2-3,5,7H,4,6,14H2,1H3,(H,15,20). The molecule has 0 aliphatic heterocycles. The van der Waals surface area contributed by atoms with Crippen LogP contribution in [0.1, 0.15) is 15.4 Å². The van der Waals surface area contributed by atoms with Gasteiger partial charge in [0.25, 0.3) is 5.91 Å². The Hall–Kier alpha value is -2.48. The number of hydrogen-bond donors (Lipinski definition) is 2. The van der Waals surface area contributed by atoms with Crippen LogP contribution in [0.3, 0.4) is 0 Å². The fourth-order valence-corrected chi connectivity index (χ4v) is 3.03. The molecule has 0 spiro atoms. The molecule has 0 aliphatic carbocycles. The molecule has 8 heteroatoms. The first-order valence-corrected chi connectivity index (χ1v) is 7.24. The van der Waals surface area contributed by atoms with Crippen molar-refractivity contribution in [3.63, 3.8) is 0 Å². The quantitative estimate of drug-likeness (QED) is 0.754. The summed E-state index contributed by atoms with van der Waals surface area (Å²) in [5, 5.41) is 11.2. The molecule has 0 radical (unpaired) electrons. The predicted octanol–water partition coefficient (Wildman–Crippen LogP) is 1.21. The minimum absolute atomic E-state index is 0.187. The number of carbonyl (C=O) groups is 1. The molecule has 0 fully saturated rings. The summed E-state index contributed by atoms with van der Waals surface area (Å²) in [6, 6.07) is 3.79. The average Bonchev–Trinajstić information content (AvgIpc) is 3.07. The molecule has 21 heavy (non-hydrogen) atoms. The van der Waals surface area contributed by atoms with Gasteiger partial charge in [0.15, 0.2) is 0 Å². The van der Waals surface area contributed by atoms with Crippen molar-refractivity contribution < 1.29 is 4.79 Å². The Labute approximate surface area is 124 Å². The number of aryl methyl sites for hydroxylation is 1. The van der Waals surface area contributed by atoms with Gasteiger partial charge in [-0.3, -0.25) is 9.48 Å². The number of fused-ring (bicyclic) bond motifs is 1. The molecular weight excluding hydrogens is 288 g/mol. The lowest BCUT2D eigenvalue weighted by molar-refractivity contribution is 0.0957. The zero-order valence-corrected chi connectivity index (χ0v) is 12.2. The van der Waals surface area contributed by atoms with Crippen LogP contribution in [0.25, 0.3) is 10.2 Å². The van der Waals surface area contributed by atoms with Crippen molar-refractivity contribution in [2.75, 3.05) is 12.3 Å². The highest BCUT2D eigenvalue weighted by atomic mass is 32.1. The SMILES string of the molecule is Cc1ccc2c(N)c(C(=O)NCCn3ccnn3)sc2n1. The smallest absolute Gasteiger partial charge is 0.263 e. The number of rotatable bonds is 4. The van der Waals surface area contributed by atoms with Crippen LogP contribution in [-0.2, 0) is 6.54 Å². The van der Waals surface area contributed by atoms with E-state index < -0.39 is 0 Å². The first kappa shape index (κ1) is 13.5. The monoisotopic (exact) mass is 302 g/mol. The Kier molecular flexibility index (Phi) is 3.53. The molecule has 3 N–H and O–H groups in total. The Bertz CT molecular complexity index is 779. The molecule has 108 valence electrons. The van der Waals surface area contributed by atoms with E-state index >= 15 is 0 Å². The summed E-state index contributed by atoms with van der Waals surface area (Å²) in [6.07, 6.45) is 3.34. The van der Waals surface area contributed by atoms with Crippen molar-refractivity contribution in [2.24, 2.45) is 0 Å². The van der Waals surface area contributed by atoms with Crippen molar-refractivity contribution in [1.82, 2.24) is 25.3 Å². The summed E-state index contributed by atoms with van der Waals surface area (Å²) in [4.78, 5) is 17.9. The molecule has 1 amide bonds. The molecule has 3 aromatic heterocycles. The van der Waals surface area contributed by atoms with Gasteiger partial charge in [-0.2, -0.15) is 0 Å². The van der Waals surface area contributed by atoms with Gasteiger partial charge in [-0.1, -0.05) is 5.21 Å². The topological polar surface area (TPSA) is 98.7 Å². The van der Waals surface area contributed by atoms with Crippen LogP contribution in [-0.4, -0.2) is 32.4 Å². The first-order chi connectivity index (χ1) is 10.1. The zero-order valence-electron chi connectivity index (χ0n) is 11.4. The number of nitrogens with zero attached hydrogens (tertiary/aromatic N) is 4. The lowest BCUT2D eigenvalue weighted by Gasteiger charge is -2.04. The van der Waals surface area contributed by atoms with Gasteiger partial charge in [-0.15, -0.1) is 16.4 Å². The predicted molar refractivity (Wildman–Crippen MR) is 81.1 cm³/mol. The number of pyridine rings is 1. The number of amides is 1. The Morgan fingerprint density at radius 3 is 3.10 bits per heavy atom. The number of carbonyl (C=O) groups excluding carboxylic acids is 1. The molecule has 0 unspecified atom stereocenters. The zero-order chi connectivity index (χ0) is 14.8. The normalized spacial score (nSPS) is 10.9. The van der Waals surface area contributed by atoms with Crippen molar-refractivity contribution >= 4 is 33.1 Å². The van der Waals surface area contributed by atoms with Crippen molar-refractivity contribution in [3.05, 3.63) is 35.1 Å². The van der Waals surface area contributed by atoms with E-state index in [-0.39, 0.29) is 5.91 Å². The van der Waals surface area contributed by atoms with E-state index in [1.165, 1.54) is 11.3 Å². The molecule has 0 atom stereocenters. The third-order valence-corrected chi connectivity index (χ3v) is 4.15. The molecule has 7 nitrogen and oxygen atoms in total. The van der Waals surface area contributed by atoms with Crippen LogP contribution in [0.4, 0.5) is 5.69 Å². The van der Waals surface area contributed by atoms with Crippen LogP contribution < -0.4 is 11.1 Å². The lowest BCUT2D eigenvalue weighted by atomic mass is 10.2. The van der Waals surface area contributed by atoms with Gasteiger partial charge in [0.2, 0.25) is 0 Å². The Balaban J connectivity index is 1.73. The number of nitrogen functional groups attached to an aromatic ring is 1. The molecule has 3 rings (SSSR count). The maximum Gasteiger partial charge on any atom is 0.263 e. The van der Waals surface area contributed by atoms with E-state index in [4.69, 9.17) is 5.73 Å². The van der Waals surface area contributed by atoms with E-state index in [2.05, 4.69) is 20.6 Å². The molecule has 0 aromatic carbocycles. The highest BCUT2D eigenvalue weighted by Crippen LogP contribution is 2.32. The number of hydrogen-bond acceptors (Lipinski definition) is 6. The van der Waals surface area contributed by atoms with Crippen LogP contribution in [0.5, 0.6) is 0 Å². The molecule has 0 saturated heterocycles. The summed E-state index contributed by atoms with van der Waals surface area (Å²) < 4.78 is 1.65. The summed E-state index contributed by atoms with van der Waals surface area (Å²) in [7, 11) is 0. The van der Waals surface area contributed by atoms with Crippen molar-refractivity contribution in [3.8, 4) is 0 Å². The van der Waals surface area contributed by atoms with Crippen molar-refractivity contribution in [1.29, 1.82) is 0 Å². The number of nitrogens with two attached hydrogens (primary N) is 1. The first-order valence-electron chi connectivity index (χ1n) is 6.43. The number of aromatic nitrogens is 4. The van der Waals surface area contributed by atoms with E-state index in [0.717, 1.165) is 15.9 Å². The third-order valence-electron chi connectivity index (χ3n) is 3.04. The highest BCUT2D eigenvalue weighted by molar-refractivity contribution is 7.21. The Morgan fingerprint density at radius 1 is 1.48 bits per heavy atom. The number of thiophene rings is 1. The number of anilines is 1. The number of nitrogens with one attached hydrogen (secondary N) is 1. The van der Waals surface area contributed by atoms with Gasteiger partial charge in [0.05, 0.1) is 18.4 Å². The van der Waals surface area contributed by atoms with E-state index in [0.29, 0.717) is 23.7 Å². The maximum atomic E-state index is 12.2. The van der Waals surface area contributed by atoms with E-state index in [9.17, 15) is 4.79 Å². The summed E-state index contributed by atoms with van der Waals surface area (Å²) in [5.74, 6) is -0.187.